The van der Waals surface area contributed by atoms with Crippen LogP contribution in [-0.4, -0.2) is 37.6 Å². The summed E-state index contributed by atoms with van der Waals surface area (Å²) in [6.45, 7) is 10.2. The second-order valence-electron chi connectivity index (χ2n) is 3.69. The average molecular weight is 205 g/mol. The van der Waals surface area contributed by atoms with Crippen LogP contribution < -0.4 is 5.32 Å². The molecule has 78 valence electrons. The summed E-state index contributed by atoms with van der Waals surface area (Å²) in [5.74, 6) is 0. The van der Waals surface area contributed by atoms with Crippen molar-refractivity contribution in [3.63, 3.8) is 0 Å². The first-order valence-electron chi connectivity index (χ1n) is 4.85. The van der Waals surface area contributed by atoms with E-state index in [2.05, 4.69) is 30.1 Å². The highest BCUT2D eigenvalue weighted by molar-refractivity contribution is 5.85. The fourth-order valence-corrected chi connectivity index (χ4v) is 1.40. The van der Waals surface area contributed by atoms with Gasteiger partial charge in [0.2, 0.25) is 0 Å². The molecule has 1 aliphatic rings. The van der Waals surface area contributed by atoms with E-state index in [9.17, 15) is 0 Å². The molecule has 1 fully saturated rings. The van der Waals surface area contributed by atoms with Gasteiger partial charge in [-0.15, -0.1) is 12.4 Å². The average Bonchev–Trinajstić information content (AvgIpc) is 2.28. The lowest BCUT2D eigenvalue weighted by atomic mass is 10.3. The molecule has 3 heteroatoms. The quantitative estimate of drug-likeness (QED) is 0.689. The third-order valence-electron chi connectivity index (χ3n) is 2.19. The molecule has 0 atom stereocenters. The molecule has 0 aromatic carbocycles. The van der Waals surface area contributed by atoms with Gasteiger partial charge in [-0.2, -0.15) is 0 Å². The molecule has 13 heavy (non-hydrogen) atoms. The van der Waals surface area contributed by atoms with E-state index in [1.54, 1.807) is 0 Å². The van der Waals surface area contributed by atoms with Gasteiger partial charge in [-0.3, -0.25) is 4.90 Å². The maximum atomic E-state index is 3.40. The Balaban J connectivity index is 0.00000144. The third-order valence-corrected chi connectivity index (χ3v) is 2.19. The summed E-state index contributed by atoms with van der Waals surface area (Å²) in [5, 5.41) is 3.40. The van der Waals surface area contributed by atoms with Gasteiger partial charge in [0.15, 0.2) is 0 Å². The maximum absolute atomic E-state index is 3.40. The molecular weight excluding hydrogens is 184 g/mol. The second kappa shape index (κ2) is 7.36. The summed E-state index contributed by atoms with van der Waals surface area (Å²) in [6.07, 6.45) is 3.60. The van der Waals surface area contributed by atoms with Crippen molar-refractivity contribution in [3.8, 4) is 0 Å². The molecule has 1 heterocycles. The Morgan fingerprint density at radius 2 is 2.08 bits per heavy atom. The zero-order valence-corrected chi connectivity index (χ0v) is 9.49. The first-order valence-corrected chi connectivity index (χ1v) is 4.85. The molecule has 1 N–H and O–H groups in total. The van der Waals surface area contributed by atoms with Gasteiger partial charge in [0.25, 0.3) is 0 Å². The lowest BCUT2D eigenvalue weighted by molar-refractivity contribution is 0.323. The Hall–Kier alpha value is -0.0500. The highest BCUT2D eigenvalue weighted by atomic mass is 35.5. The van der Waals surface area contributed by atoms with Gasteiger partial charge in [0, 0.05) is 19.6 Å². The van der Waals surface area contributed by atoms with Crippen LogP contribution in [-0.2, 0) is 0 Å². The molecule has 0 aromatic rings. The fourth-order valence-electron chi connectivity index (χ4n) is 1.40. The summed E-state index contributed by atoms with van der Waals surface area (Å²) < 4.78 is 0. The molecule has 1 aliphatic heterocycles. The van der Waals surface area contributed by atoms with Gasteiger partial charge in [-0.05, 0) is 33.4 Å². The van der Waals surface area contributed by atoms with E-state index in [4.69, 9.17) is 0 Å². The van der Waals surface area contributed by atoms with Gasteiger partial charge in [0.05, 0.1) is 0 Å². The maximum Gasteiger partial charge on any atom is 0.0166 e. The molecule has 0 bridgehead atoms. The predicted molar refractivity (Wildman–Crippen MR) is 60.6 cm³/mol. The molecule has 0 radical (unpaired) electrons. The van der Waals surface area contributed by atoms with Crippen molar-refractivity contribution >= 4 is 12.4 Å². The predicted octanol–water partition coefficient (Wildman–Crippen LogP) is 1.67. The van der Waals surface area contributed by atoms with Crippen molar-refractivity contribution in [1.29, 1.82) is 0 Å². The van der Waals surface area contributed by atoms with Gasteiger partial charge in [-0.1, -0.05) is 11.6 Å². The minimum absolute atomic E-state index is 0. The molecule has 1 saturated heterocycles. The first kappa shape index (κ1) is 12.9. The van der Waals surface area contributed by atoms with Crippen LogP contribution in [0.2, 0.25) is 0 Å². The highest BCUT2D eigenvalue weighted by Crippen LogP contribution is 1.97. The Kier molecular flexibility index (Phi) is 7.33. The van der Waals surface area contributed by atoms with E-state index in [1.165, 1.54) is 31.6 Å². The number of hydrogen-bond donors (Lipinski definition) is 1. The largest absolute Gasteiger partial charge is 0.315 e. The monoisotopic (exact) mass is 204 g/mol. The molecule has 0 spiro atoms. The summed E-state index contributed by atoms with van der Waals surface area (Å²) in [7, 11) is 0. The summed E-state index contributed by atoms with van der Waals surface area (Å²) in [4.78, 5) is 2.51. The Labute approximate surface area is 87.8 Å². The number of nitrogens with one attached hydrogen (secondary N) is 1. The first-order chi connectivity index (χ1) is 5.79. The molecule has 0 saturated carbocycles. The van der Waals surface area contributed by atoms with Crippen molar-refractivity contribution in [2.75, 3.05) is 32.7 Å². The number of rotatable bonds is 2. The Morgan fingerprint density at radius 3 is 2.77 bits per heavy atom. The number of hydrogen-bond acceptors (Lipinski definition) is 2. The van der Waals surface area contributed by atoms with Gasteiger partial charge >= 0.3 is 0 Å². The zero-order valence-electron chi connectivity index (χ0n) is 8.68. The SMILES string of the molecule is CC(C)=CCN1CCCNCC1.Cl. The molecule has 1 rings (SSSR count). The topological polar surface area (TPSA) is 15.3 Å². The molecule has 2 nitrogen and oxygen atoms in total. The molecule has 0 unspecified atom stereocenters. The van der Waals surface area contributed by atoms with E-state index in [0.717, 1.165) is 13.1 Å². The van der Waals surface area contributed by atoms with Crippen LogP contribution in [0.15, 0.2) is 11.6 Å². The van der Waals surface area contributed by atoms with E-state index in [1.807, 2.05) is 0 Å². The Morgan fingerprint density at radius 1 is 1.31 bits per heavy atom. The second-order valence-corrected chi connectivity index (χ2v) is 3.69. The van der Waals surface area contributed by atoms with Gasteiger partial charge < -0.3 is 5.32 Å². The van der Waals surface area contributed by atoms with Gasteiger partial charge in [-0.25, -0.2) is 0 Å². The lowest BCUT2D eigenvalue weighted by Crippen LogP contribution is -2.28. The van der Waals surface area contributed by atoms with Crippen molar-refractivity contribution in [3.05, 3.63) is 11.6 Å². The van der Waals surface area contributed by atoms with Crippen LogP contribution in [0, 0.1) is 0 Å². The van der Waals surface area contributed by atoms with Crippen LogP contribution in [0.3, 0.4) is 0 Å². The Bertz CT molecular complexity index is 145. The molecule has 0 amide bonds. The fraction of sp³-hybridized carbons (Fsp3) is 0.800. The molecular formula is C10H21ClN2. The van der Waals surface area contributed by atoms with Crippen LogP contribution in [0.1, 0.15) is 20.3 Å². The van der Waals surface area contributed by atoms with E-state index in [0.29, 0.717) is 0 Å². The zero-order chi connectivity index (χ0) is 8.81. The minimum Gasteiger partial charge on any atom is -0.315 e. The standard InChI is InChI=1S/C10H20N2.ClH/c1-10(2)4-8-12-7-3-5-11-6-9-12;/h4,11H,3,5-9H2,1-2H3;1H. The van der Waals surface area contributed by atoms with Crippen LogP contribution in [0.4, 0.5) is 0 Å². The van der Waals surface area contributed by atoms with E-state index >= 15 is 0 Å². The van der Waals surface area contributed by atoms with Crippen molar-refractivity contribution < 1.29 is 0 Å². The van der Waals surface area contributed by atoms with Crippen molar-refractivity contribution in [1.82, 2.24) is 10.2 Å². The smallest absolute Gasteiger partial charge is 0.0166 e. The highest BCUT2D eigenvalue weighted by Gasteiger charge is 2.05. The minimum atomic E-state index is 0. The van der Waals surface area contributed by atoms with Crippen LogP contribution in [0.5, 0.6) is 0 Å². The lowest BCUT2D eigenvalue weighted by Gasteiger charge is -2.16. The number of halogens is 1. The normalized spacial score (nSPS) is 18.6. The summed E-state index contributed by atoms with van der Waals surface area (Å²) >= 11 is 0. The van der Waals surface area contributed by atoms with Crippen LogP contribution >= 0.6 is 12.4 Å². The van der Waals surface area contributed by atoms with E-state index < -0.39 is 0 Å². The summed E-state index contributed by atoms with van der Waals surface area (Å²) in [6, 6.07) is 0. The number of nitrogens with zero attached hydrogens (tertiary/aromatic N) is 1. The van der Waals surface area contributed by atoms with Crippen LogP contribution in [0.25, 0.3) is 0 Å². The molecule has 0 aromatic heterocycles. The van der Waals surface area contributed by atoms with Gasteiger partial charge in [0.1, 0.15) is 0 Å². The molecule has 0 aliphatic carbocycles. The van der Waals surface area contributed by atoms with Crippen molar-refractivity contribution in [2.45, 2.75) is 20.3 Å². The summed E-state index contributed by atoms with van der Waals surface area (Å²) in [5.41, 5.74) is 1.42. The third kappa shape index (κ3) is 6.08. The number of allylic oxidation sites excluding steroid dienone is 1. The van der Waals surface area contributed by atoms with E-state index in [-0.39, 0.29) is 12.4 Å². The van der Waals surface area contributed by atoms with Crippen molar-refractivity contribution in [2.24, 2.45) is 0 Å².